The van der Waals surface area contributed by atoms with Gasteiger partial charge in [0.1, 0.15) is 11.0 Å². The van der Waals surface area contributed by atoms with E-state index >= 15 is 0 Å². The third kappa shape index (κ3) is 4.38. The van der Waals surface area contributed by atoms with Crippen LogP contribution in [0.4, 0.5) is 11.5 Å². The van der Waals surface area contributed by atoms with Gasteiger partial charge in [0.25, 0.3) is 0 Å². The summed E-state index contributed by atoms with van der Waals surface area (Å²) in [4.78, 5) is 4.16. The highest BCUT2D eigenvalue weighted by molar-refractivity contribution is 6.29. The van der Waals surface area contributed by atoms with Gasteiger partial charge in [0.05, 0.1) is 0 Å². The summed E-state index contributed by atoms with van der Waals surface area (Å²) in [6.45, 7) is 6.51. The summed E-state index contributed by atoms with van der Waals surface area (Å²) < 4.78 is 0. The number of anilines is 2. The van der Waals surface area contributed by atoms with Crippen LogP contribution in [0.3, 0.4) is 0 Å². The molecule has 3 N–H and O–H groups in total. The molecule has 0 spiro atoms. The molecular weight excluding hydrogens is 210 g/mol. The van der Waals surface area contributed by atoms with Crippen molar-refractivity contribution >= 4 is 23.1 Å². The number of nitrogens with two attached hydrogens (primary N) is 1. The molecule has 3 nitrogen and oxygen atoms in total. The molecule has 0 saturated carbocycles. The number of pyridine rings is 1. The fourth-order valence-electron chi connectivity index (χ4n) is 1.61. The van der Waals surface area contributed by atoms with Gasteiger partial charge in [-0.25, -0.2) is 4.98 Å². The van der Waals surface area contributed by atoms with Crippen molar-refractivity contribution in [2.75, 3.05) is 11.1 Å². The Hall–Kier alpha value is -0.960. The molecule has 1 rings (SSSR count). The van der Waals surface area contributed by atoms with Crippen LogP contribution in [0.1, 0.15) is 27.2 Å². The van der Waals surface area contributed by atoms with Gasteiger partial charge in [-0.1, -0.05) is 25.4 Å². The van der Waals surface area contributed by atoms with E-state index in [0.717, 1.165) is 12.2 Å². The standard InChI is InChI=1S/C11H18ClN3/c1-7(2)4-8(3)14-11-6-9(13)5-10(12)15-11/h5-8H,4H2,1-3H3,(H3,13,14,15). The van der Waals surface area contributed by atoms with Crippen molar-refractivity contribution in [1.82, 2.24) is 4.98 Å². The number of aromatic nitrogens is 1. The first kappa shape index (κ1) is 12.1. The van der Waals surface area contributed by atoms with Crippen LogP contribution < -0.4 is 11.1 Å². The minimum Gasteiger partial charge on any atom is -0.399 e. The Morgan fingerprint density at radius 2 is 2.07 bits per heavy atom. The van der Waals surface area contributed by atoms with E-state index in [-0.39, 0.29) is 0 Å². The first-order chi connectivity index (χ1) is 6.97. The lowest BCUT2D eigenvalue weighted by molar-refractivity contribution is 0.539. The van der Waals surface area contributed by atoms with E-state index in [1.807, 2.05) is 0 Å². The van der Waals surface area contributed by atoms with Crippen LogP contribution in [-0.2, 0) is 0 Å². The van der Waals surface area contributed by atoms with E-state index < -0.39 is 0 Å². The van der Waals surface area contributed by atoms with Crippen molar-refractivity contribution in [3.05, 3.63) is 17.3 Å². The molecule has 0 aliphatic heterocycles. The van der Waals surface area contributed by atoms with Gasteiger partial charge in [-0.2, -0.15) is 0 Å². The summed E-state index contributed by atoms with van der Waals surface area (Å²) in [5.41, 5.74) is 6.31. The fourth-order valence-corrected chi connectivity index (χ4v) is 1.83. The lowest BCUT2D eigenvalue weighted by Gasteiger charge is -2.16. The molecule has 0 radical (unpaired) electrons. The minimum absolute atomic E-state index is 0.371. The molecule has 84 valence electrons. The van der Waals surface area contributed by atoms with Gasteiger partial charge in [0.15, 0.2) is 0 Å². The molecule has 15 heavy (non-hydrogen) atoms. The van der Waals surface area contributed by atoms with Crippen LogP contribution in [0.2, 0.25) is 5.15 Å². The zero-order valence-corrected chi connectivity index (χ0v) is 10.2. The van der Waals surface area contributed by atoms with E-state index in [0.29, 0.717) is 22.8 Å². The molecule has 0 aromatic carbocycles. The van der Waals surface area contributed by atoms with Gasteiger partial charge >= 0.3 is 0 Å². The highest BCUT2D eigenvalue weighted by Gasteiger charge is 2.06. The lowest BCUT2D eigenvalue weighted by atomic mass is 10.1. The number of halogens is 1. The molecule has 1 aromatic rings. The van der Waals surface area contributed by atoms with Gasteiger partial charge in [-0.05, 0) is 25.3 Å². The average molecular weight is 228 g/mol. The van der Waals surface area contributed by atoms with E-state index in [4.69, 9.17) is 17.3 Å². The Morgan fingerprint density at radius 1 is 1.40 bits per heavy atom. The second kappa shape index (κ2) is 5.21. The molecule has 0 saturated heterocycles. The zero-order chi connectivity index (χ0) is 11.4. The average Bonchev–Trinajstić information content (AvgIpc) is 1.98. The third-order valence-corrected chi connectivity index (χ3v) is 2.23. The Kier molecular flexibility index (Phi) is 4.21. The first-order valence-corrected chi connectivity index (χ1v) is 5.54. The van der Waals surface area contributed by atoms with Crippen molar-refractivity contribution in [3.8, 4) is 0 Å². The van der Waals surface area contributed by atoms with Crippen LogP contribution in [-0.4, -0.2) is 11.0 Å². The van der Waals surface area contributed by atoms with Crippen molar-refractivity contribution in [3.63, 3.8) is 0 Å². The van der Waals surface area contributed by atoms with Crippen molar-refractivity contribution < 1.29 is 0 Å². The molecule has 1 atom stereocenters. The maximum absolute atomic E-state index is 5.81. The Labute approximate surface area is 96.0 Å². The van der Waals surface area contributed by atoms with Crippen LogP contribution in [0.5, 0.6) is 0 Å². The second-order valence-electron chi connectivity index (χ2n) is 4.28. The summed E-state index contributed by atoms with van der Waals surface area (Å²) in [6, 6.07) is 3.80. The highest BCUT2D eigenvalue weighted by atomic mass is 35.5. The molecule has 1 heterocycles. The van der Waals surface area contributed by atoms with Crippen LogP contribution in [0, 0.1) is 5.92 Å². The lowest BCUT2D eigenvalue weighted by Crippen LogP contribution is -2.18. The molecular formula is C11H18ClN3. The third-order valence-electron chi connectivity index (χ3n) is 2.04. The number of nitrogens with one attached hydrogen (secondary N) is 1. The predicted molar refractivity (Wildman–Crippen MR) is 66.2 cm³/mol. The summed E-state index contributed by atoms with van der Waals surface area (Å²) in [7, 11) is 0. The summed E-state index contributed by atoms with van der Waals surface area (Å²) >= 11 is 5.81. The number of hydrogen-bond acceptors (Lipinski definition) is 3. The van der Waals surface area contributed by atoms with Gasteiger partial charge in [0, 0.05) is 17.8 Å². The first-order valence-electron chi connectivity index (χ1n) is 5.17. The molecule has 0 bridgehead atoms. The maximum Gasteiger partial charge on any atom is 0.133 e. The predicted octanol–water partition coefficient (Wildman–Crippen LogP) is 3.16. The van der Waals surface area contributed by atoms with E-state index in [1.54, 1.807) is 12.1 Å². The van der Waals surface area contributed by atoms with E-state index in [2.05, 4.69) is 31.1 Å². The molecule has 4 heteroatoms. The number of nitrogens with zero attached hydrogens (tertiary/aromatic N) is 1. The van der Waals surface area contributed by atoms with Gasteiger partial charge in [-0.3, -0.25) is 0 Å². The van der Waals surface area contributed by atoms with Gasteiger partial charge in [-0.15, -0.1) is 0 Å². The number of nitrogen functional groups attached to an aromatic ring is 1. The SMILES string of the molecule is CC(C)CC(C)Nc1cc(N)cc(Cl)n1. The van der Waals surface area contributed by atoms with E-state index in [9.17, 15) is 0 Å². The largest absolute Gasteiger partial charge is 0.399 e. The van der Waals surface area contributed by atoms with Gasteiger partial charge in [0.2, 0.25) is 0 Å². The normalized spacial score (nSPS) is 12.9. The molecule has 0 amide bonds. The molecule has 0 aliphatic rings. The smallest absolute Gasteiger partial charge is 0.133 e. The quantitative estimate of drug-likeness (QED) is 0.777. The van der Waals surface area contributed by atoms with Crippen molar-refractivity contribution in [2.45, 2.75) is 33.2 Å². The zero-order valence-electron chi connectivity index (χ0n) is 9.42. The second-order valence-corrected chi connectivity index (χ2v) is 4.67. The molecule has 1 unspecified atom stereocenters. The molecule has 0 aliphatic carbocycles. The van der Waals surface area contributed by atoms with Crippen molar-refractivity contribution in [1.29, 1.82) is 0 Å². The summed E-state index contributed by atoms with van der Waals surface area (Å²) in [6.07, 6.45) is 1.09. The van der Waals surface area contributed by atoms with Crippen LogP contribution in [0.25, 0.3) is 0 Å². The number of hydrogen-bond donors (Lipinski definition) is 2. The topological polar surface area (TPSA) is 50.9 Å². The Bertz CT molecular complexity index is 305. The fraction of sp³-hybridized carbons (Fsp3) is 0.545. The Morgan fingerprint density at radius 3 is 2.60 bits per heavy atom. The Balaban J connectivity index is 2.63. The summed E-state index contributed by atoms with van der Waals surface area (Å²) in [5, 5.41) is 3.70. The monoisotopic (exact) mass is 227 g/mol. The maximum atomic E-state index is 5.81. The highest BCUT2D eigenvalue weighted by Crippen LogP contribution is 2.17. The molecule has 0 fully saturated rings. The minimum atomic E-state index is 0.371. The summed E-state index contributed by atoms with van der Waals surface area (Å²) in [5.74, 6) is 1.40. The van der Waals surface area contributed by atoms with Gasteiger partial charge < -0.3 is 11.1 Å². The van der Waals surface area contributed by atoms with E-state index in [1.165, 1.54) is 0 Å². The number of rotatable bonds is 4. The van der Waals surface area contributed by atoms with Crippen LogP contribution >= 0.6 is 11.6 Å². The van der Waals surface area contributed by atoms with Crippen LogP contribution in [0.15, 0.2) is 12.1 Å². The molecule has 1 aromatic heterocycles. The van der Waals surface area contributed by atoms with Crippen molar-refractivity contribution in [2.24, 2.45) is 5.92 Å².